The van der Waals surface area contributed by atoms with Crippen LogP contribution in [-0.2, 0) is 7.05 Å². The molecule has 2 heterocycles. The van der Waals surface area contributed by atoms with Gasteiger partial charge in [-0.05, 0) is 43.1 Å². The van der Waals surface area contributed by atoms with E-state index in [9.17, 15) is 4.79 Å². The summed E-state index contributed by atoms with van der Waals surface area (Å²) in [5.74, 6) is 0.281. The Balaban J connectivity index is 1.63. The fourth-order valence-corrected chi connectivity index (χ4v) is 5.90. The van der Waals surface area contributed by atoms with Crippen LogP contribution in [0, 0.1) is 17.8 Å². The van der Waals surface area contributed by atoms with Gasteiger partial charge in [0.1, 0.15) is 0 Å². The molecule has 0 spiro atoms. The number of hydrogen-bond donors (Lipinski definition) is 0. The first-order valence-electron chi connectivity index (χ1n) is 9.50. The van der Waals surface area contributed by atoms with Crippen LogP contribution >= 0.6 is 0 Å². The average molecular weight is 338 g/mol. The van der Waals surface area contributed by atoms with Crippen molar-refractivity contribution in [2.75, 3.05) is 13.1 Å². The number of ketones is 1. The highest BCUT2D eigenvalue weighted by Crippen LogP contribution is 2.52. The molecule has 2 atom stereocenters. The van der Waals surface area contributed by atoms with Crippen LogP contribution in [0.2, 0.25) is 0 Å². The second-order valence-corrected chi connectivity index (χ2v) is 9.58. The number of aromatic nitrogens is 1. The number of benzene rings is 1. The first-order valence-corrected chi connectivity index (χ1v) is 9.50. The third kappa shape index (κ3) is 2.73. The van der Waals surface area contributed by atoms with E-state index in [1.165, 1.54) is 19.3 Å². The number of carbonyl (C=O) groups is 1. The minimum absolute atomic E-state index is 0.281. The molecule has 25 heavy (non-hydrogen) atoms. The number of aryl methyl sites for hydroxylation is 1. The summed E-state index contributed by atoms with van der Waals surface area (Å²) >= 11 is 0. The molecule has 1 saturated carbocycles. The standard InChI is InChI=1S/C22H30N2O/c1-15-20(17-8-6-7-9-18(17)23(15)5)19(25)12-24-14-22(4)11-16(24)10-21(2,3)13-22/h6-9,16H,10-14H2,1-5H3. The molecule has 1 aliphatic heterocycles. The van der Waals surface area contributed by atoms with Crippen molar-refractivity contribution >= 4 is 16.7 Å². The van der Waals surface area contributed by atoms with E-state index in [0.717, 1.165) is 28.7 Å². The molecule has 1 saturated heterocycles. The Labute approximate surface area is 151 Å². The van der Waals surface area contributed by atoms with E-state index in [2.05, 4.69) is 56.3 Å². The summed E-state index contributed by atoms with van der Waals surface area (Å²) in [6.07, 6.45) is 3.73. The number of likely N-dealkylation sites (tertiary alicyclic amines) is 1. The van der Waals surface area contributed by atoms with Gasteiger partial charge in [-0.2, -0.15) is 0 Å². The number of fused-ring (bicyclic) bond motifs is 3. The predicted molar refractivity (Wildman–Crippen MR) is 103 cm³/mol. The minimum atomic E-state index is 0.281. The summed E-state index contributed by atoms with van der Waals surface area (Å²) in [7, 11) is 2.06. The van der Waals surface area contributed by atoms with Crippen molar-refractivity contribution in [1.82, 2.24) is 9.47 Å². The lowest BCUT2D eigenvalue weighted by Crippen LogP contribution is -2.37. The van der Waals surface area contributed by atoms with Crippen LogP contribution in [0.5, 0.6) is 0 Å². The summed E-state index contributed by atoms with van der Waals surface area (Å²) in [5, 5.41) is 1.10. The Morgan fingerprint density at radius 2 is 1.92 bits per heavy atom. The molecule has 1 aliphatic carbocycles. The Morgan fingerprint density at radius 1 is 1.20 bits per heavy atom. The van der Waals surface area contributed by atoms with Gasteiger partial charge in [-0.1, -0.05) is 39.0 Å². The second kappa shape index (κ2) is 5.44. The van der Waals surface area contributed by atoms with E-state index in [-0.39, 0.29) is 5.78 Å². The van der Waals surface area contributed by atoms with Crippen LogP contribution in [0.4, 0.5) is 0 Å². The van der Waals surface area contributed by atoms with Gasteiger partial charge >= 0.3 is 0 Å². The molecular weight excluding hydrogens is 308 g/mol. The SMILES string of the molecule is Cc1c(C(=O)CN2CC3(C)CC2CC(C)(C)C3)c2ccccc2n1C. The van der Waals surface area contributed by atoms with Gasteiger partial charge in [-0.15, -0.1) is 0 Å². The molecule has 3 nitrogen and oxygen atoms in total. The molecule has 134 valence electrons. The van der Waals surface area contributed by atoms with Gasteiger partial charge in [-0.3, -0.25) is 9.69 Å². The molecule has 2 bridgehead atoms. The predicted octanol–water partition coefficient (Wildman–Crippen LogP) is 4.57. The highest BCUT2D eigenvalue weighted by molar-refractivity contribution is 6.10. The first kappa shape index (κ1) is 16.8. The lowest BCUT2D eigenvalue weighted by molar-refractivity contribution is 0.0900. The van der Waals surface area contributed by atoms with Crippen molar-refractivity contribution in [2.45, 2.75) is 53.0 Å². The van der Waals surface area contributed by atoms with Gasteiger partial charge in [0.15, 0.2) is 5.78 Å². The molecule has 0 amide bonds. The van der Waals surface area contributed by atoms with Crippen molar-refractivity contribution in [3.8, 4) is 0 Å². The summed E-state index contributed by atoms with van der Waals surface area (Å²) < 4.78 is 2.15. The summed E-state index contributed by atoms with van der Waals surface area (Å²) in [6, 6.07) is 8.83. The highest BCUT2D eigenvalue weighted by atomic mass is 16.1. The maximum Gasteiger partial charge on any atom is 0.179 e. The normalized spacial score (nSPS) is 28.6. The maximum absolute atomic E-state index is 13.2. The Bertz CT molecular complexity index is 847. The molecule has 4 rings (SSSR count). The van der Waals surface area contributed by atoms with Gasteiger partial charge in [-0.25, -0.2) is 0 Å². The summed E-state index contributed by atoms with van der Waals surface area (Å²) in [4.78, 5) is 15.7. The monoisotopic (exact) mass is 338 g/mol. The van der Waals surface area contributed by atoms with Crippen LogP contribution in [-0.4, -0.2) is 34.4 Å². The van der Waals surface area contributed by atoms with E-state index < -0.39 is 0 Å². The van der Waals surface area contributed by atoms with Gasteiger partial charge in [0, 0.05) is 41.8 Å². The number of hydrogen-bond acceptors (Lipinski definition) is 2. The van der Waals surface area contributed by atoms with E-state index >= 15 is 0 Å². The number of para-hydroxylation sites is 1. The van der Waals surface area contributed by atoms with Crippen molar-refractivity contribution in [2.24, 2.45) is 17.9 Å². The van der Waals surface area contributed by atoms with Gasteiger partial charge < -0.3 is 4.57 Å². The van der Waals surface area contributed by atoms with Crippen LogP contribution in [0.1, 0.15) is 56.1 Å². The van der Waals surface area contributed by atoms with E-state index in [1.54, 1.807) is 0 Å². The zero-order valence-corrected chi connectivity index (χ0v) is 16.2. The average Bonchev–Trinajstić information content (AvgIpc) is 2.90. The molecule has 0 N–H and O–H groups in total. The largest absolute Gasteiger partial charge is 0.347 e. The fraction of sp³-hybridized carbons (Fsp3) is 0.591. The Hall–Kier alpha value is -1.61. The quantitative estimate of drug-likeness (QED) is 0.766. The Morgan fingerprint density at radius 3 is 2.68 bits per heavy atom. The third-order valence-corrected chi connectivity index (χ3v) is 6.55. The zero-order valence-electron chi connectivity index (χ0n) is 16.2. The Kier molecular flexibility index (Phi) is 3.66. The summed E-state index contributed by atoms with van der Waals surface area (Å²) in [5.41, 5.74) is 3.92. The van der Waals surface area contributed by atoms with Gasteiger partial charge in [0.05, 0.1) is 6.54 Å². The van der Waals surface area contributed by atoms with Crippen molar-refractivity contribution in [3.05, 3.63) is 35.5 Å². The number of Topliss-reactive ketones (excluding diaryl/α,β-unsaturated/α-hetero) is 1. The third-order valence-electron chi connectivity index (χ3n) is 6.55. The van der Waals surface area contributed by atoms with Gasteiger partial charge in [0.2, 0.25) is 0 Å². The molecule has 1 aromatic carbocycles. The topological polar surface area (TPSA) is 25.2 Å². The smallest absolute Gasteiger partial charge is 0.179 e. The van der Waals surface area contributed by atoms with Crippen molar-refractivity contribution in [1.29, 1.82) is 0 Å². The molecule has 2 aliphatic rings. The second-order valence-electron chi connectivity index (χ2n) is 9.58. The van der Waals surface area contributed by atoms with Crippen LogP contribution in [0.15, 0.2) is 24.3 Å². The molecule has 1 aromatic heterocycles. The fourth-order valence-electron chi connectivity index (χ4n) is 5.90. The highest BCUT2D eigenvalue weighted by Gasteiger charge is 2.49. The van der Waals surface area contributed by atoms with Crippen LogP contribution < -0.4 is 0 Å². The molecule has 0 radical (unpaired) electrons. The summed E-state index contributed by atoms with van der Waals surface area (Å²) in [6.45, 7) is 10.9. The van der Waals surface area contributed by atoms with Gasteiger partial charge in [0.25, 0.3) is 0 Å². The lowest BCUT2D eigenvalue weighted by Gasteiger charge is -2.39. The van der Waals surface area contributed by atoms with E-state index in [0.29, 0.717) is 23.4 Å². The molecular formula is C22H30N2O. The number of rotatable bonds is 3. The molecule has 2 aromatic rings. The molecule has 2 fully saturated rings. The number of nitrogens with zero attached hydrogens (tertiary/aromatic N) is 2. The lowest BCUT2D eigenvalue weighted by atomic mass is 9.65. The molecule has 2 unspecified atom stereocenters. The van der Waals surface area contributed by atoms with Crippen LogP contribution in [0.3, 0.4) is 0 Å². The first-order chi connectivity index (χ1) is 11.7. The van der Waals surface area contributed by atoms with Crippen LogP contribution in [0.25, 0.3) is 10.9 Å². The minimum Gasteiger partial charge on any atom is -0.347 e. The maximum atomic E-state index is 13.2. The number of carbonyl (C=O) groups excluding carboxylic acids is 1. The zero-order chi connectivity index (χ0) is 18.0. The van der Waals surface area contributed by atoms with E-state index in [1.807, 2.05) is 12.1 Å². The van der Waals surface area contributed by atoms with E-state index in [4.69, 9.17) is 0 Å². The molecule has 3 heteroatoms. The van der Waals surface area contributed by atoms with Crippen molar-refractivity contribution < 1.29 is 4.79 Å². The van der Waals surface area contributed by atoms with Crippen molar-refractivity contribution in [3.63, 3.8) is 0 Å².